The van der Waals surface area contributed by atoms with Crippen LogP contribution in [-0.2, 0) is 6.18 Å². The van der Waals surface area contributed by atoms with Gasteiger partial charge < -0.3 is 4.98 Å². The van der Waals surface area contributed by atoms with Crippen LogP contribution in [0.4, 0.5) is 13.2 Å². The zero-order valence-electron chi connectivity index (χ0n) is 12.8. The number of benzene rings is 2. The maximum Gasteiger partial charge on any atom is 0.416 e. The van der Waals surface area contributed by atoms with Crippen molar-refractivity contribution in [1.29, 1.82) is 5.26 Å². The average molecular weight is 326 g/mol. The van der Waals surface area contributed by atoms with Crippen LogP contribution in [-0.4, -0.2) is 4.98 Å². The minimum absolute atomic E-state index is 0.560. The molecule has 0 saturated carbocycles. The predicted molar refractivity (Wildman–Crippen MR) is 88.1 cm³/mol. The Morgan fingerprint density at radius 3 is 2.38 bits per heavy atom. The van der Waals surface area contributed by atoms with E-state index >= 15 is 0 Å². The van der Waals surface area contributed by atoms with Gasteiger partial charge in [0.05, 0.1) is 16.6 Å². The summed E-state index contributed by atoms with van der Waals surface area (Å²) in [5, 5.41) is 10.1. The van der Waals surface area contributed by atoms with Gasteiger partial charge in [0.25, 0.3) is 0 Å². The molecule has 0 radical (unpaired) electrons. The van der Waals surface area contributed by atoms with Gasteiger partial charge >= 0.3 is 6.18 Å². The summed E-state index contributed by atoms with van der Waals surface area (Å²) in [6.45, 7) is 1.91. The summed E-state index contributed by atoms with van der Waals surface area (Å²) >= 11 is 0. The zero-order chi connectivity index (χ0) is 17.3. The van der Waals surface area contributed by atoms with E-state index in [1.165, 1.54) is 12.1 Å². The van der Waals surface area contributed by atoms with Crippen LogP contribution in [0.3, 0.4) is 0 Å². The summed E-state index contributed by atoms with van der Waals surface area (Å²) < 4.78 is 37.7. The molecule has 0 spiro atoms. The fraction of sp³-hybridized carbons (Fsp3) is 0.105. The SMILES string of the molecule is Cc1cc2c(/C=C/c3ccc(C(F)(F)F)cc3)ccc(C#N)c2[nH]1. The van der Waals surface area contributed by atoms with Crippen LogP contribution >= 0.6 is 0 Å². The Bertz CT molecular complexity index is 955. The summed E-state index contributed by atoms with van der Waals surface area (Å²) in [5.74, 6) is 0. The molecule has 2 nitrogen and oxygen atoms in total. The largest absolute Gasteiger partial charge is 0.416 e. The van der Waals surface area contributed by atoms with E-state index in [-0.39, 0.29) is 0 Å². The number of aromatic nitrogens is 1. The van der Waals surface area contributed by atoms with Gasteiger partial charge in [0, 0.05) is 11.1 Å². The third-order valence-corrected chi connectivity index (χ3v) is 3.78. The highest BCUT2D eigenvalue weighted by Gasteiger charge is 2.29. The standard InChI is InChI=1S/C19H13F3N2/c1-12-10-17-14(6-7-15(11-23)18(17)24-12)5-2-13-3-8-16(9-4-13)19(20,21)22/h2-10,24H,1H3/b5-2+. The van der Waals surface area contributed by atoms with Crippen molar-refractivity contribution in [3.8, 4) is 6.07 Å². The summed E-state index contributed by atoms with van der Waals surface area (Å²) in [4.78, 5) is 3.16. The Morgan fingerprint density at radius 2 is 1.75 bits per heavy atom. The van der Waals surface area contributed by atoms with E-state index < -0.39 is 11.7 Å². The minimum atomic E-state index is -4.33. The van der Waals surface area contributed by atoms with Crippen molar-refractivity contribution in [2.45, 2.75) is 13.1 Å². The lowest BCUT2D eigenvalue weighted by Crippen LogP contribution is -2.03. The van der Waals surface area contributed by atoms with Gasteiger partial charge in [-0.2, -0.15) is 18.4 Å². The Hall–Kier alpha value is -3.00. The topological polar surface area (TPSA) is 39.6 Å². The molecule has 2 aromatic carbocycles. The lowest BCUT2D eigenvalue weighted by Gasteiger charge is -2.06. The number of hydrogen-bond acceptors (Lipinski definition) is 1. The molecule has 0 fully saturated rings. The number of fused-ring (bicyclic) bond motifs is 1. The fourth-order valence-corrected chi connectivity index (χ4v) is 2.58. The molecule has 120 valence electrons. The highest BCUT2D eigenvalue weighted by Crippen LogP contribution is 2.29. The van der Waals surface area contributed by atoms with Crippen LogP contribution in [0.15, 0.2) is 42.5 Å². The first kappa shape index (κ1) is 15.9. The van der Waals surface area contributed by atoms with Crippen LogP contribution < -0.4 is 0 Å². The van der Waals surface area contributed by atoms with Crippen molar-refractivity contribution in [1.82, 2.24) is 4.98 Å². The number of rotatable bonds is 2. The van der Waals surface area contributed by atoms with Crippen LogP contribution in [0.25, 0.3) is 23.1 Å². The number of hydrogen-bond donors (Lipinski definition) is 1. The van der Waals surface area contributed by atoms with E-state index in [1.807, 2.05) is 25.1 Å². The maximum atomic E-state index is 12.6. The highest BCUT2D eigenvalue weighted by molar-refractivity contribution is 5.94. The molecule has 3 rings (SSSR count). The van der Waals surface area contributed by atoms with E-state index in [0.29, 0.717) is 11.1 Å². The molecule has 1 N–H and O–H groups in total. The molecule has 5 heteroatoms. The van der Waals surface area contributed by atoms with Gasteiger partial charge in [0.1, 0.15) is 6.07 Å². The predicted octanol–water partition coefficient (Wildman–Crippen LogP) is 5.54. The van der Waals surface area contributed by atoms with Crippen molar-refractivity contribution < 1.29 is 13.2 Å². The first-order valence-corrected chi connectivity index (χ1v) is 7.26. The Balaban J connectivity index is 1.95. The van der Waals surface area contributed by atoms with E-state index in [1.54, 1.807) is 12.1 Å². The van der Waals surface area contributed by atoms with E-state index in [2.05, 4.69) is 11.1 Å². The second-order valence-electron chi connectivity index (χ2n) is 5.51. The van der Waals surface area contributed by atoms with Gasteiger partial charge in [-0.3, -0.25) is 0 Å². The molecule has 3 aromatic rings. The number of nitriles is 1. The number of nitrogens with one attached hydrogen (secondary N) is 1. The van der Waals surface area contributed by atoms with Crippen molar-refractivity contribution in [3.05, 3.63) is 70.4 Å². The molecular formula is C19H13F3N2. The number of alkyl halides is 3. The molecule has 0 atom stereocenters. The molecule has 0 saturated heterocycles. The van der Waals surface area contributed by atoms with Gasteiger partial charge in [0.2, 0.25) is 0 Å². The van der Waals surface area contributed by atoms with Gasteiger partial charge in [-0.05, 0) is 42.3 Å². The number of aromatic amines is 1. The molecule has 1 heterocycles. The fourth-order valence-electron chi connectivity index (χ4n) is 2.58. The molecular weight excluding hydrogens is 313 g/mol. The Kier molecular flexibility index (Phi) is 3.90. The molecule has 0 aliphatic carbocycles. The Labute approximate surface area is 136 Å². The van der Waals surface area contributed by atoms with E-state index in [4.69, 9.17) is 5.26 Å². The van der Waals surface area contributed by atoms with Crippen LogP contribution in [0.2, 0.25) is 0 Å². The number of aryl methyl sites for hydroxylation is 1. The zero-order valence-corrected chi connectivity index (χ0v) is 12.8. The normalized spacial score (nSPS) is 12.0. The van der Waals surface area contributed by atoms with E-state index in [0.717, 1.165) is 34.3 Å². The van der Waals surface area contributed by atoms with Crippen LogP contribution in [0.5, 0.6) is 0 Å². The van der Waals surface area contributed by atoms with Crippen LogP contribution in [0.1, 0.15) is 27.9 Å². The first-order valence-electron chi connectivity index (χ1n) is 7.26. The molecule has 24 heavy (non-hydrogen) atoms. The minimum Gasteiger partial charge on any atom is -0.358 e. The van der Waals surface area contributed by atoms with Crippen LogP contribution in [0, 0.1) is 18.3 Å². The third-order valence-electron chi connectivity index (χ3n) is 3.78. The molecule has 0 aliphatic heterocycles. The van der Waals surface area contributed by atoms with Gasteiger partial charge in [0.15, 0.2) is 0 Å². The molecule has 0 unspecified atom stereocenters. The number of halogens is 3. The van der Waals surface area contributed by atoms with Gasteiger partial charge in [-0.15, -0.1) is 0 Å². The summed E-state index contributed by atoms with van der Waals surface area (Å²) in [6, 6.07) is 12.6. The second kappa shape index (κ2) is 5.89. The smallest absolute Gasteiger partial charge is 0.358 e. The summed E-state index contributed by atoms with van der Waals surface area (Å²) in [6.07, 6.45) is -0.743. The molecule has 0 amide bonds. The highest BCUT2D eigenvalue weighted by atomic mass is 19.4. The van der Waals surface area contributed by atoms with Gasteiger partial charge in [-0.25, -0.2) is 0 Å². The third kappa shape index (κ3) is 3.04. The van der Waals surface area contributed by atoms with Crippen molar-refractivity contribution in [2.75, 3.05) is 0 Å². The number of nitrogens with zero attached hydrogens (tertiary/aromatic N) is 1. The lowest BCUT2D eigenvalue weighted by molar-refractivity contribution is -0.137. The first-order chi connectivity index (χ1) is 11.4. The molecule has 0 aliphatic rings. The molecule has 1 aromatic heterocycles. The summed E-state index contributed by atoms with van der Waals surface area (Å²) in [5.41, 5.74) is 3.17. The quantitative estimate of drug-likeness (QED) is 0.617. The number of H-pyrrole nitrogens is 1. The molecule has 0 bridgehead atoms. The lowest BCUT2D eigenvalue weighted by atomic mass is 10.0. The summed E-state index contributed by atoms with van der Waals surface area (Å²) in [7, 11) is 0. The maximum absolute atomic E-state index is 12.6. The van der Waals surface area contributed by atoms with E-state index in [9.17, 15) is 13.2 Å². The average Bonchev–Trinajstić information content (AvgIpc) is 2.93. The van der Waals surface area contributed by atoms with Crippen molar-refractivity contribution in [3.63, 3.8) is 0 Å². The van der Waals surface area contributed by atoms with Gasteiger partial charge in [-0.1, -0.05) is 30.4 Å². The Morgan fingerprint density at radius 1 is 1.04 bits per heavy atom. The second-order valence-corrected chi connectivity index (χ2v) is 5.51. The van der Waals surface area contributed by atoms with Crippen molar-refractivity contribution in [2.24, 2.45) is 0 Å². The monoisotopic (exact) mass is 326 g/mol. The van der Waals surface area contributed by atoms with Crippen molar-refractivity contribution >= 4 is 23.1 Å².